The van der Waals surface area contributed by atoms with Crippen LogP contribution < -0.4 is 14.8 Å². The van der Waals surface area contributed by atoms with Crippen LogP contribution in [0.2, 0.25) is 5.02 Å². The lowest BCUT2D eigenvalue weighted by Crippen LogP contribution is -2.51. The van der Waals surface area contributed by atoms with Crippen molar-refractivity contribution in [3.8, 4) is 5.75 Å². The summed E-state index contributed by atoms with van der Waals surface area (Å²) in [7, 11) is -3.96. The van der Waals surface area contributed by atoms with Crippen LogP contribution in [0.1, 0.15) is 16.7 Å². The fourth-order valence-corrected chi connectivity index (χ4v) is 6.01. The van der Waals surface area contributed by atoms with Crippen LogP contribution >= 0.6 is 11.6 Å². The Morgan fingerprint density at radius 3 is 2.15 bits per heavy atom. The van der Waals surface area contributed by atoms with Gasteiger partial charge >= 0.3 is 0 Å². The summed E-state index contributed by atoms with van der Waals surface area (Å²) in [4.78, 5) is 33.1. The van der Waals surface area contributed by atoms with E-state index in [0.29, 0.717) is 5.02 Å². The molecule has 5 rings (SSSR count). The van der Waals surface area contributed by atoms with E-state index in [2.05, 4.69) is 15.0 Å². The second-order valence-electron chi connectivity index (χ2n) is 10.8. The third kappa shape index (κ3) is 9.63. The fraction of sp³-hybridized carbons (Fsp3) is 0.139. The van der Waals surface area contributed by atoms with Gasteiger partial charge in [0.15, 0.2) is 6.61 Å². The Bertz CT molecular complexity index is 1910. The third-order valence-electron chi connectivity index (χ3n) is 7.35. The molecule has 1 heterocycles. The number of anilines is 1. The number of hydrogen-bond acceptors (Lipinski definition) is 6. The first kappa shape index (κ1) is 34.1. The molecule has 0 radical (unpaired) electrons. The number of nitrogens with zero attached hydrogens (tertiary/aromatic N) is 2. The first-order valence-corrected chi connectivity index (χ1v) is 16.8. The van der Waals surface area contributed by atoms with E-state index >= 15 is 0 Å². The van der Waals surface area contributed by atoms with Gasteiger partial charge < -0.3 is 15.0 Å². The highest BCUT2D eigenvalue weighted by Gasteiger charge is 2.31. The normalized spacial score (nSPS) is 11.7. The smallest absolute Gasteiger partial charge is 0.261 e. The van der Waals surface area contributed by atoms with Gasteiger partial charge in [-0.25, -0.2) is 12.8 Å². The van der Waals surface area contributed by atoms with E-state index < -0.39 is 34.4 Å². The van der Waals surface area contributed by atoms with Gasteiger partial charge in [-0.05, 0) is 89.5 Å². The maximum Gasteiger partial charge on any atom is 0.261 e. The minimum Gasteiger partial charge on any atom is -0.484 e. The predicted molar refractivity (Wildman–Crippen MR) is 181 cm³/mol. The minimum absolute atomic E-state index is 0.0522. The molecular formula is C36H32ClFN4O5S. The van der Waals surface area contributed by atoms with E-state index in [1.807, 2.05) is 30.3 Å². The molecule has 0 spiro atoms. The number of aromatic nitrogens is 1. The highest BCUT2D eigenvalue weighted by Crippen LogP contribution is 2.21. The van der Waals surface area contributed by atoms with Gasteiger partial charge in [-0.2, -0.15) is 0 Å². The Balaban J connectivity index is 1.34. The second-order valence-corrected chi connectivity index (χ2v) is 12.9. The SMILES string of the molecule is O=C(NCc1ccncc1)C(Cc1ccccc1)N(Cc1ccc(Cl)cc1)C(=O)COc1ccc(S(=O)(=O)Nc2ccc(F)cc2)cc1. The van der Waals surface area contributed by atoms with Crippen molar-refractivity contribution >= 4 is 39.1 Å². The standard InChI is InChI=1S/C36H32ClFN4O5S/c37-29-8-6-28(7-9-29)24-42(34(22-26-4-2-1-3-5-26)36(44)40-23-27-18-20-39-21-19-27)35(43)25-47-32-14-16-33(17-15-32)48(45,46)41-31-12-10-30(38)11-13-31/h1-21,34,41H,22-25H2,(H,40,44). The van der Waals surface area contributed by atoms with E-state index in [0.717, 1.165) is 28.8 Å². The molecule has 9 nitrogen and oxygen atoms in total. The zero-order valence-electron chi connectivity index (χ0n) is 25.6. The summed E-state index contributed by atoms with van der Waals surface area (Å²) in [6.07, 6.45) is 3.53. The molecule has 48 heavy (non-hydrogen) atoms. The topological polar surface area (TPSA) is 118 Å². The lowest BCUT2D eigenvalue weighted by atomic mass is 10.0. The molecule has 4 aromatic carbocycles. The summed E-state index contributed by atoms with van der Waals surface area (Å²) in [5.74, 6) is -1.05. The number of amides is 2. The first-order valence-electron chi connectivity index (χ1n) is 14.9. The molecule has 1 atom stereocenters. The van der Waals surface area contributed by atoms with Gasteiger partial charge in [0.2, 0.25) is 5.91 Å². The number of sulfonamides is 1. The Labute approximate surface area is 283 Å². The van der Waals surface area contributed by atoms with E-state index in [1.54, 1.807) is 48.8 Å². The summed E-state index contributed by atoms with van der Waals surface area (Å²) < 4.78 is 47.1. The van der Waals surface area contributed by atoms with Crippen molar-refractivity contribution in [3.63, 3.8) is 0 Å². The van der Waals surface area contributed by atoms with Crippen molar-refractivity contribution in [2.75, 3.05) is 11.3 Å². The molecule has 0 aliphatic heterocycles. The number of carbonyl (C=O) groups excluding carboxylic acids is 2. The number of hydrogen-bond donors (Lipinski definition) is 2. The number of nitrogens with one attached hydrogen (secondary N) is 2. The molecule has 0 saturated heterocycles. The number of rotatable bonds is 14. The van der Waals surface area contributed by atoms with Gasteiger partial charge in [0, 0.05) is 42.6 Å². The highest BCUT2D eigenvalue weighted by molar-refractivity contribution is 7.92. The Morgan fingerprint density at radius 1 is 0.812 bits per heavy atom. The van der Waals surface area contributed by atoms with Crippen LogP contribution in [0, 0.1) is 5.82 Å². The minimum atomic E-state index is -3.96. The van der Waals surface area contributed by atoms with Gasteiger partial charge in [0.25, 0.3) is 15.9 Å². The molecule has 0 saturated carbocycles. The number of carbonyl (C=O) groups is 2. The summed E-state index contributed by atoms with van der Waals surface area (Å²) >= 11 is 6.11. The molecule has 0 aliphatic rings. The molecule has 0 aliphatic carbocycles. The van der Waals surface area contributed by atoms with Crippen LogP contribution in [0.25, 0.3) is 0 Å². The number of pyridine rings is 1. The van der Waals surface area contributed by atoms with Crippen molar-refractivity contribution < 1.29 is 27.1 Å². The number of halogens is 2. The molecule has 1 unspecified atom stereocenters. The number of benzene rings is 4. The van der Waals surface area contributed by atoms with Crippen LogP contribution in [-0.4, -0.2) is 42.8 Å². The molecule has 2 amide bonds. The van der Waals surface area contributed by atoms with Crippen molar-refractivity contribution in [1.82, 2.24) is 15.2 Å². The van der Waals surface area contributed by atoms with Crippen molar-refractivity contribution in [2.45, 2.75) is 30.4 Å². The molecule has 246 valence electrons. The summed E-state index contributed by atoms with van der Waals surface area (Å²) in [6, 6.07) is 29.6. The van der Waals surface area contributed by atoms with Gasteiger partial charge in [0.05, 0.1) is 4.90 Å². The van der Waals surface area contributed by atoms with Crippen LogP contribution in [0.5, 0.6) is 5.75 Å². The van der Waals surface area contributed by atoms with E-state index in [1.165, 1.54) is 41.3 Å². The Morgan fingerprint density at radius 2 is 1.48 bits per heavy atom. The van der Waals surface area contributed by atoms with Crippen molar-refractivity contribution in [2.24, 2.45) is 0 Å². The lowest BCUT2D eigenvalue weighted by molar-refractivity contribution is -0.142. The predicted octanol–water partition coefficient (Wildman–Crippen LogP) is 6.01. The maximum absolute atomic E-state index is 13.9. The zero-order valence-corrected chi connectivity index (χ0v) is 27.2. The average Bonchev–Trinajstić information content (AvgIpc) is 3.10. The molecule has 1 aromatic heterocycles. The first-order chi connectivity index (χ1) is 23.2. The zero-order chi connectivity index (χ0) is 33.9. The van der Waals surface area contributed by atoms with Gasteiger partial charge in [-0.15, -0.1) is 0 Å². The van der Waals surface area contributed by atoms with Gasteiger partial charge in [-0.3, -0.25) is 19.3 Å². The molecule has 12 heteroatoms. The highest BCUT2D eigenvalue weighted by atomic mass is 35.5. The van der Waals surface area contributed by atoms with Crippen LogP contribution in [0.15, 0.2) is 133 Å². The Hall–Kier alpha value is -5.26. The summed E-state index contributed by atoms with van der Waals surface area (Å²) in [6.45, 7) is -0.0698. The third-order valence-corrected chi connectivity index (χ3v) is 9.00. The largest absolute Gasteiger partial charge is 0.484 e. The molecule has 5 aromatic rings. The summed E-state index contributed by atoms with van der Waals surface area (Å²) in [5, 5.41) is 3.50. The van der Waals surface area contributed by atoms with Gasteiger partial charge in [0.1, 0.15) is 17.6 Å². The van der Waals surface area contributed by atoms with Crippen LogP contribution in [0.3, 0.4) is 0 Å². The monoisotopic (exact) mass is 686 g/mol. The molecule has 0 fully saturated rings. The average molecular weight is 687 g/mol. The fourth-order valence-electron chi connectivity index (χ4n) is 4.82. The second kappa shape index (κ2) is 16.0. The number of ether oxygens (including phenoxy) is 1. The molecule has 2 N–H and O–H groups in total. The Kier molecular flexibility index (Phi) is 11.4. The van der Waals surface area contributed by atoms with E-state index in [4.69, 9.17) is 16.3 Å². The quantitative estimate of drug-likeness (QED) is 0.148. The summed E-state index contributed by atoms with van der Waals surface area (Å²) in [5.41, 5.74) is 2.69. The van der Waals surface area contributed by atoms with Crippen LogP contribution in [0.4, 0.5) is 10.1 Å². The maximum atomic E-state index is 13.9. The van der Waals surface area contributed by atoms with E-state index in [-0.39, 0.29) is 41.7 Å². The molecule has 0 bridgehead atoms. The van der Waals surface area contributed by atoms with Crippen molar-refractivity contribution in [1.29, 1.82) is 0 Å². The molecular weight excluding hydrogens is 655 g/mol. The van der Waals surface area contributed by atoms with E-state index in [9.17, 15) is 22.4 Å². The lowest BCUT2D eigenvalue weighted by Gasteiger charge is -2.31. The van der Waals surface area contributed by atoms with Crippen LogP contribution in [-0.2, 0) is 39.1 Å². The van der Waals surface area contributed by atoms with Crippen molar-refractivity contribution in [3.05, 3.63) is 155 Å². The van der Waals surface area contributed by atoms with Gasteiger partial charge in [-0.1, -0.05) is 54.1 Å².